The molecule has 2 unspecified atom stereocenters. The van der Waals surface area contributed by atoms with Crippen molar-refractivity contribution in [2.45, 2.75) is 32.4 Å². The van der Waals surface area contributed by atoms with Gasteiger partial charge in [0, 0.05) is 30.2 Å². The van der Waals surface area contributed by atoms with Crippen molar-refractivity contribution in [1.82, 2.24) is 15.1 Å². The molecule has 0 aliphatic carbocycles. The summed E-state index contributed by atoms with van der Waals surface area (Å²) in [5.41, 5.74) is 2.15. The van der Waals surface area contributed by atoms with E-state index >= 15 is 0 Å². The maximum Gasteiger partial charge on any atom is 0.130 e. The first-order chi connectivity index (χ1) is 9.13. The van der Waals surface area contributed by atoms with Crippen LogP contribution in [0.4, 0.5) is 0 Å². The van der Waals surface area contributed by atoms with Crippen LogP contribution in [0.2, 0.25) is 5.15 Å². The third kappa shape index (κ3) is 3.66. The van der Waals surface area contributed by atoms with Crippen molar-refractivity contribution >= 4 is 23.4 Å². The van der Waals surface area contributed by atoms with Crippen LogP contribution in [0.3, 0.4) is 0 Å². The SMILES string of the molecule is CCNC(Cc1c(C)nn(C)c1Cl)C1CSCCO1. The molecule has 1 saturated heterocycles. The third-order valence-electron chi connectivity index (χ3n) is 3.45. The number of nitrogens with one attached hydrogen (secondary N) is 1. The first-order valence-corrected chi connectivity index (χ1v) is 8.27. The molecule has 0 saturated carbocycles. The Morgan fingerprint density at radius 3 is 2.95 bits per heavy atom. The van der Waals surface area contributed by atoms with Gasteiger partial charge in [0.1, 0.15) is 5.15 Å². The van der Waals surface area contributed by atoms with Crippen LogP contribution >= 0.6 is 23.4 Å². The molecule has 1 fully saturated rings. The van der Waals surface area contributed by atoms with Gasteiger partial charge in [-0.05, 0) is 19.9 Å². The number of hydrogen-bond donors (Lipinski definition) is 1. The molecule has 0 aromatic carbocycles. The van der Waals surface area contributed by atoms with Crippen molar-refractivity contribution in [2.24, 2.45) is 7.05 Å². The van der Waals surface area contributed by atoms with E-state index in [4.69, 9.17) is 16.3 Å². The Hall–Kier alpha value is -0.230. The minimum absolute atomic E-state index is 0.259. The quantitative estimate of drug-likeness (QED) is 0.903. The number of halogens is 1. The molecule has 2 atom stereocenters. The molecule has 0 radical (unpaired) electrons. The van der Waals surface area contributed by atoms with Gasteiger partial charge in [-0.3, -0.25) is 4.68 Å². The number of hydrogen-bond acceptors (Lipinski definition) is 4. The molecule has 6 heteroatoms. The van der Waals surface area contributed by atoms with Gasteiger partial charge in [0.25, 0.3) is 0 Å². The first kappa shape index (κ1) is 15.2. The van der Waals surface area contributed by atoms with Gasteiger partial charge in [-0.1, -0.05) is 18.5 Å². The second-order valence-corrected chi connectivity index (χ2v) is 6.34. The second-order valence-electron chi connectivity index (χ2n) is 4.83. The Kier molecular flexibility index (Phi) is 5.57. The van der Waals surface area contributed by atoms with Crippen molar-refractivity contribution in [2.75, 3.05) is 24.7 Å². The second kappa shape index (κ2) is 6.97. The van der Waals surface area contributed by atoms with E-state index < -0.39 is 0 Å². The fourth-order valence-corrected chi connectivity index (χ4v) is 3.65. The Morgan fingerprint density at radius 1 is 1.63 bits per heavy atom. The zero-order chi connectivity index (χ0) is 13.8. The fraction of sp³-hybridized carbons (Fsp3) is 0.769. The van der Waals surface area contributed by atoms with Gasteiger partial charge in [0.05, 0.1) is 18.4 Å². The highest BCUT2D eigenvalue weighted by atomic mass is 35.5. The van der Waals surface area contributed by atoms with Crippen molar-refractivity contribution in [1.29, 1.82) is 0 Å². The van der Waals surface area contributed by atoms with Gasteiger partial charge in [-0.15, -0.1) is 0 Å². The van der Waals surface area contributed by atoms with E-state index in [-0.39, 0.29) is 6.10 Å². The lowest BCUT2D eigenvalue weighted by Crippen LogP contribution is -2.46. The van der Waals surface area contributed by atoms with Crippen molar-refractivity contribution in [3.8, 4) is 0 Å². The summed E-state index contributed by atoms with van der Waals surface area (Å²) in [6.45, 7) is 5.92. The summed E-state index contributed by atoms with van der Waals surface area (Å²) in [5.74, 6) is 2.15. The summed E-state index contributed by atoms with van der Waals surface area (Å²) in [6, 6.07) is 0.304. The summed E-state index contributed by atoms with van der Waals surface area (Å²) in [4.78, 5) is 0. The molecule has 2 rings (SSSR count). The van der Waals surface area contributed by atoms with Crippen LogP contribution in [-0.2, 0) is 18.2 Å². The molecule has 1 aliphatic heterocycles. The molecule has 108 valence electrons. The van der Waals surface area contributed by atoms with Crippen molar-refractivity contribution < 1.29 is 4.74 Å². The zero-order valence-corrected chi connectivity index (χ0v) is 13.4. The van der Waals surface area contributed by atoms with Crippen LogP contribution in [0.25, 0.3) is 0 Å². The number of nitrogens with zero attached hydrogens (tertiary/aromatic N) is 2. The zero-order valence-electron chi connectivity index (χ0n) is 11.8. The molecule has 1 N–H and O–H groups in total. The molecule has 1 aromatic rings. The molecule has 0 amide bonds. The maximum absolute atomic E-state index is 6.32. The summed E-state index contributed by atoms with van der Waals surface area (Å²) < 4.78 is 7.64. The highest BCUT2D eigenvalue weighted by Gasteiger charge is 2.26. The molecule has 2 heterocycles. The number of ether oxygens (including phenoxy) is 1. The Labute approximate surface area is 124 Å². The van der Waals surface area contributed by atoms with Gasteiger partial charge in [-0.25, -0.2) is 0 Å². The van der Waals surface area contributed by atoms with E-state index in [1.165, 1.54) is 0 Å². The lowest BCUT2D eigenvalue weighted by atomic mass is 10.0. The van der Waals surface area contributed by atoms with E-state index in [9.17, 15) is 0 Å². The van der Waals surface area contributed by atoms with Gasteiger partial charge >= 0.3 is 0 Å². The van der Waals surface area contributed by atoms with E-state index in [0.29, 0.717) is 6.04 Å². The topological polar surface area (TPSA) is 39.1 Å². The summed E-state index contributed by atoms with van der Waals surface area (Å²) >= 11 is 8.29. The minimum atomic E-state index is 0.259. The standard InChI is InChI=1S/C13H22ClN3OS/c1-4-15-11(12-8-19-6-5-18-12)7-10-9(2)16-17(3)13(10)14/h11-12,15H,4-8H2,1-3H3. The molecular weight excluding hydrogens is 282 g/mol. The predicted octanol–water partition coefficient (Wildman–Crippen LogP) is 2.03. The monoisotopic (exact) mass is 303 g/mol. The molecule has 4 nitrogen and oxygen atoms in total. The predicted molar refractivity (Wildman–Crippen MR) is 81.2 cm³/mol. The highest BCUT2D eigenvalue weighted by molar-refractivity contribution is 7.99. The van der Waals surface area contributed by atoms with E-state index in [0.717, 1.165) is 47.5 Å². The number of aromatic nitrogens is 2. The van der Waals surface area contributed by atoms with E-state index in [1.807, 2.05) is 25.7 Å². The van der Waals surface area contributed by atoms with Crippen LogP contribution in [0, 0.1) is 6.92 Å². The lowest BCUT2D eigenvalue weighted by molar-refractivity contribution is 0.0476. The van der Waals surface area contributed by atoms with Crippen LogP contribution < -0.4 is 5.32 Å². The molecular formula is C13H22ClN3OS. The largest absolute Gasteiger partial charge is 0.375 e. The van der Waals surface area contributed by atoms with Crippen LogP contribution in [0.5, 0.6) is 0 Å². The van der Waals surface area contributed by atoms with Gasteiger partial charge in [0.15, 0.2) is 0 Å². The smallest absolute Gasteiger partial charge is 0.130 e. The van der Waals surface area contributed by atoms with Crippen LogP contribution in [0.1, 0.15) is 18.2 Å². The molecule has 1 aliphatic rings. The molecule has 0 spiro atoms. The normalized spacial score (nSPS) is 21.6. The highest BCUT2D eigenvalue weighted by Crippen LogP contribution is 2.24. The molecule has 0 bridgehead atoms. The molecule has 1 aromatic heterocycles. The Morgan fingerprint density at radius 2 is 2.42 bits per heavy atom. The average Bonchev–Trinajstić information content (AvgIpc) is 2.65. The maximum atomic E-state index is 6.32. The first-order valence-electron chi connectivity index (χ1n) is 6.74. The summed E-state index contributed by atoms with van der Waals surface area (Å²) in [7, 11) is 1.88. The Balaban J connectivity index is 2.11. The average molecular weight is 304 g/mol. The van der Waals surface area contributed by atoms with E-state index in [1.54, 1.807) is 4.68 Å². The van der Waals surface area contributed by atoms with Crippen LogP contribution in [-0.4, -0.2) is 46.6 Å². The van der Waals surface area contributed by atoms with Crippen molar-refractivity contribution in [3.05, 3.63) is 16.4 Å². The van der Waals surface area contributed by atoms with Crippen molar-refractivity contribution in [3.63, 3.8) is 0 Å². The molecule has 19 heavy (non-hydrogen) atoms. The Bertz CT molecular complexity index is 418. The number of rotatable bonds is 5. The van der Waals surface area contributed by atoms with Gasteiger partial charge in [-0.2, -0.15) is 16.9 Å². The summed E-state index contributed by atoms with van der Waals surface area (Å²) in [5, 5.41) is 8.65. The third-order valence-corrected chi connectivity index (χ3v) is 4.94. The fourth-order valence-electron chi connectivity index (χ4n) is 2.46. The lowest BCUT2D eigenvalue weighted by Gasteiger charge is -2.30. The van der Waals surface area contributed by atoms with Gasteiger partial charge < -0.3 is 10.1 Å². The number of likely N-dealkylation sites (N-methyl/N-ethyl adjacent to an activating group) is 1. The minimum Gasteiger partial charge on any atom is -0.375 e. The summed E-state index contributed by atoms with van der Waals surface area (Å²) in [6.07, 6.45) is 1.13. The number of thioether (sulfide) groups is 1. The number of aryl methyl sites for hydroxylation is 2. The van der Waals surface area contributed by atoms with Crippen LogP contribution in [0.15, 0.2) is 0 Å². The van der Waals surface area contributed by atoms with E-state index in [2.05, 4.69) is 17.3 Å². The van der Waals surface area contributed by atoms with Gasteiger partial charge in [0.2, 0.25) is 0 Å².